The molecule has 4 heteroatoms. The third kappa shape index (κ3) is 2.90. The molecule has 0 aromatic carbocycles. The van der Waals surface area contributed by atoms with Crippen molar-refractivity contribution in [1.29, 1.82) is 0 Å². The van der Waals surface area contributed by atoms with Crippen LogP contribution in [0.3, 0.4) is 0 Å². The number of nitrogens with one attached hydrogen (secondary N) is 1. The van der Waals surface area contributed by atoms with Gasteiger partial charge in [-0.1, -0.05) is 19.8 Å². The van der Waals surface area contributed by atoms with Gasteiger partial charge in [-0.2, -0.15) is 0 Å². The van der Waals surface area contributed by atoms with Gasteiger partial charge in [0.15, 0.2) is 0 Å². The number of Topliss-reactive ketones (excluding diaryl/α,β-unsaturated/α-hetero) is 1. The fourth-order valence-corrected chi connectivity index (χ4v) is 3.91. The van der Waals surface area contributed by atoms with Crippen molar-refractivity contribution in [2.45, 2.75) is 64.0 Å². The van der Waals surface area contributed by atoms with Crippen LogP contribution in [0.2, 0.25) is 0 Å². The summed E-state index contributed by atoms with van der Waals surface area (Å²) >= 11 is 0. The quantitative estimate of drug-likeness (QED) is 0.753. The topological polar surface area (TPSA) is 49.4 Å². The number of fused-ring (bicyclic) bond motifs is 1. The number of hydrogen-bond acceptors (Lipinski definition) is 3. The monoisotopic (exact) mass is 278 g/mol. The molecule has 3 atom stereocenters. The van der Waals surface area contributed by atoms with Gasteiger partial charge < -0.3 is 5.32 Å². The van der Waals surface area contributed by atoms with Crippen LogP contribution in [-0.2, 0) is 9.59 Å². The summed E-state index contributed by atoms with van der Waals surface area (Å²) in [6.45, 7) is 4.14. The summed E-state index contributed by atoms with van der Waals surface area (Å²) in [5.74, 6) is 1.00. The van der Waals surface area contributed by atoms with Crippen LogP contribution >= 0.6 is 0 Å². The van der Waals surface area contributed by atoms with Crippen LogP contribution in [0.4, 0.5) is 0 Å². The van der Waals surface area contributed by atoms with Gasteiger partial charge in [-0.25, -0.2) is 0 Å². The van der Waals surface area contributed by atoms with Crippen molar-refractivity contribution in [3.05, 3.63) is 0 Å². The predicted octanol–water partition coefficient (Wildman–Crippen LogP) is 1.73. The van der Waals surface area contributed by atoms with E-state index in [9.17, 15) is 9.59 Å². The Bertz CT molecular complexity index is 380. The molecule has 2 saturated carbocycles. The molecule has 0 radical (unpaired) electrons. The van der Waals surface area contributed by atoms with Crippen molar-refractivity contribution in [1.82, 2.24) is 10.2 Å². The number of nitrogens with zero attached hydrogens (tertiary/aromatic N) is 1. The van der Waals surface area contributed by atoms with E-state index in [1.54, 1.807) is 0 Å². The molecule has 3 rings (SSSR count). The van der Waals surface area contributed by atoms with Crippen LogP contribution in [0.25, 0.3) is 0 Å². The first-order chi connectivity index (χ1) is 9.69. The maximum atomic E-state index is 12.4. The zero-order chi connectivity index (χ0) is 14.1. The van der Waals surface area contributed by atoms with E-state index in [1.165, 1.54) is 19.3 Å². The molecule has 3 fully saturated rings. The number of likely N-dealkylation sites (tertiary alicyclic amines) is 1. The first-order valence-corrected chi connectivity index (χ1v) is 8.27. The van der Waals surface area contributed by atoms with Gasteiger partial charge in [-0.05, 0) is 43.9 Å². The van der Waals surface area contributed by atoms with Gasteiger partial charge >= 0.3 is 0 Å². The highest BCUT2D eigenvalue weighted by molar-refractivity contribution is 6.38. The number of carbonyl (C=O) groups excluding carboxylic acids is 2. The van der Waals surface area contributed by atoms with Crippen LogP contribution in [0.1, 0.15) is 51.9 Å². The summed E-state index contributed by atoms with van der Waals surface area (Å²) in [6, 6.07) is 0.0936. The Morgan fingerprint density at radius 3 is 2.35 bits per heavy atom. The highest BCUT2D eigenvalue weighted by Crippen LogP contribution is 2.39. The maximum absolute atomic E-state index is 12.4. The van der Waals surface area contributed by atoms with E-state index >= 15 is 0 Å². The zero-order valence-corrected chi connectivity index (χ0v) is 12.4. The molecule has 0 spiro atoms. The Morgan fingerprint density at radius 2 is 1.80 bits per heavy atom. The Hall–Kier alpha value is -0.900. The lowest BCUT2D eigenvalue weighted by atomic mass is 10.0. The Morgan fingerprint density at radius 1 is 1.15 bits per heavy atom. The molecule has 1 N–H and O–H groups in total. The predicted molar refractivity (Wildman–Crippen MR) is 77.3 cm³/mol. The van der Waals surface area contributed by atoms with Gasteiger partial charge in [0.25, 0.3) is 5.91 Å². The van der Waals surface area contributed by atoms with Gasteiger partial charge in [0.2, 0.25) is 5.78 Å². The van der Waals surface area contributed by atoms with E-state index in [4.69, 9.17) is 0 Å². The average Bonchev–Trinajstić information content (AvgIpc) is 2.98. The summed E-state index contributed by atoms with van der Waals surface area (Å²) in [7, 11) is 0. The van der Waals surface area contributed by atoms with Crippen molar-refractivity contribution < 1.29 is 9.59 Å². The fraction of sp³-hybridized carbons (Fsp3) is 0.875. The lowest BCUT2D eigenvalue weighted by molar-refractivity contribution is -0.141. The standard InChI is InChI=1S/C16H26N2O2/c1-2-4-14(15(19)16(20)17-13-7-8-13)18-9-11-5-3-6-12(11)10-18/h11-14H,2-10H2,1H3,(H,17,20). The second-order valence-electron chi connectivity index (χ2n) is 6.82. The second-order valence-corrected chi connectivity index (χ2v) is 6.82. The van der Waals surface area contributed by atoms with Crippen LogP contribution in [0.15, 0.2) is 0 Å². The lowest BCUT2D eigenvalue weighted by Gasteiger charge is -2.26. The van der Waals surface area contributed by atoms with E-state index in [0.29, 0.717) is 0 Å². The molecule has 3 aliphatic rings. The van der Waals surface area contributed by atoms with Gasteiger partial charge in [0.05, 0.1) is 6.04 Å². The van der Waals surface area contributed by atoms with Gasteiger partial charge in [-0.15, -0.1) is 0 Å². The highest BCUT2D eigenvalue weighted by atomic mass is 16.2. The number of rotatable bonds is 6. The molecule has 3 unspecified atom stereocenters. The van der Waals surface area contributed by atoms with E-state index in [-0.39, 0.29) is 23.8 Å². The van der Waals surface area contributed by atoms with Crippen LogP contribution in [0.5, 0.6) is 0 Å². The van der Waals surface area contributed by atoms with Gasteiger partial charge in [-0.3, -0.25) is 14.5 Å². The third-order valence-corrected chi connectivity index (χ3v) is 5.20. The molecule has 0 aromatic heterocycles. The molecular formula is C16H26N2O2. The van der Waals surface area contributed by atoms with Crippen LogP contribution < -0.4 is 5.32 Å². The summed E-state index contributed by atoms with van der Waals surface area (Å²) in [4.78, 5) is 26.8. The summed E-state index contributed by atoms with van der Waals surface area (Å²) in [5.41, 5.74) is 0. The minimum Gasteiger partial charge on any atom is -0.347 e. The minimum absolute atomic E-state index is 0.177. The highest BCUT2D eigenvalue weighted by Gasteiger charge is 2.42. The molecule has 1 aliphatic heterocycles. The molecule has 2 aliphatic carbocycles. The van der Waals surface area contributed by atoms with Crippen molar-refractivity contribution in [3.8, 4) is 0 Å². The second kappa shape index (κ2) is 5.84. The Kier molecular flexibility index (Phi) is 4.11. The number of amides is 1. The van der Waals surface area contributed by atoms with Crippen molar-refractivity contribution in [3.63, 3.8) is 0 Å². The van der Waals surface area contributed by atoms with Crippen molar-refractivity contribution >= 4 is 11.7 Å². The van der Waals surface area contributed by atoms with Crippen molar-refractivity contribution in [2.75, 3.05) is 13.1 Å². The van der Waals surface area contributed by atoms with E-state index in [1.807, 2.05) is 0 Å². The molecule has 1 amide bonds. The van der Waals surface area contributed by atoms with Crippen LogP contribution in [0, 0.1) is 11.8 Å². The van der Waals surface area contributed by atoms with E-state index in [2.05, 4.69) is 17.1 Å². The molecular weight excluding hydrogens is 252 g/mol. The summed E-state index contributed by atoms with van der Waals surface area (Å²) < 4.78 is 0. The summed E-state index contributed by atoms with van der Waals surface area (Å²) in [5, 5.41) is 2.85. The molecule has 0 bridgehead atoms. The molecule has 112 valence electrons. The molecule has 0 aromatic rings. The molecule has 20 heavy (non-hydrogen) atoms. The summed E-state index contributed by atoms with van der Waals surface area (Å²) in [6.07, 6.45) is 7.80. The van der Waals surface area contributed by atoms with Gasteiger partial charge in [0, 0.05) is 19.1 Å². The number of hydrogen-bond donors (Lipinski definition) is 1. The Labute approximate surface area is 121 Å². The maximum Gasteiger partial charge on any atom is 0.289 e. The normalized spacial score (nSPS) is 31.1. The number of ketones is 1. The first kappa shape index (κ1) is 14.1. The smallest absolute Gasteiger partial charge is 0.289 e. The molecule has 4 nitrogen and oxygen atoms in total. The Balaban J connectivity index is 1.62. The van der Waals surface area contributed by atoms with Crippen LogP contribution in [-0.4, -0.2) is 41.8 Å². The van der Waals surface area contributed by atoms with Crippen molar-refractivity contribution in [2.24, 2.45) is 11.8 Å². The fourth-order valence-electron chi connectivity index (χ4n) is 3.91. The largest absolute Gasteiger partial charge is 0.347 e. The molecule has 1 saturated heterocycles. The minimum atomic E-state index is -0.344. The first-order valence-electron chi connectivity index (χ1n) is 8.27. The van der Waals surface area contributed by atoms with Gasteiger partial charge in [0.1, 0.15) is 0 Å². The zero-order valence-electron chi connectivity index (χ0n) is 12.4. The molecule has 1 heterocycles. The average molecular weight is 278 g/mol. The number of carbonyl (C=O) groups is 2. The van der Waals surface area contributed by atoms with E-state index in [0.717, 1.165) is 50.6 Å². The SMILES string of the molecule is CCCC(C(=O)C(=O)NC1CC1)N1CC2CCCC2C1. The lowest BCUT2D eigenvalue weighted by Crippen LogP contribution is -2.47. The van der Waals surface area contributed by atoms with E-state index < -0.39 is 0 Å². The third-order valence-electron chi connectivity index (χ3n) is 5.20.